The lowest BCUT2D eigenvalue weighted by Crippen LogP contribution is -2.41. The van der Waals surface area contributed by atoms with Gasteiger partial charge in [0.1, 0.15) is 0 Å². The Labute approximate surface area is 123 Å². The molecule has 1 rings (SSSR count). The minimum atomic E-state index is -0.836. The number of phenols is 1. The van der Waals surface area contributed by atoms with Crippen LogP contribution in [0.2, 0.25) is 0 Å². The zero-order valence-corrected chi connectivity index (χ0v) is 12.2. The zero-order valence-electron chi connectivity index (χ0n) is 12.2. The maximum atomic E-state index is 11.5. The number of benzene rings is 1. The topological polar surface area (TPSA) is 100 Å². The molecule has 0 aliphatic heterocycles. The van der Waals surface area contributed by atoms with Gasteiger partial charge in [0.15, 0.2) is 11.5 Å². The predicted molar refractivity (Wildman–Crippen MR) is 78.3 cm³/mol. The summed E-state index contributed by atoms with van der Waals surface area (Å²) in [5, 5.41) is 15.6. The van der Waals surface area contributed by atoms with Gasteiger partial charge in [0, 0.05) is 6.04 Å². The predicted octanol–water partition coefficient (Wildman–Crippen LogP) is 0.766. The van der Waals surface area contributed by atoms with Gasteiger partial charge in [0.05, 0.1) is 13.3 Å². The zero-order chi connectivity index (χ0) is 15.8. The quantitative estimate of drug-likeness (QED) is 0.424. The molecule has 0 unspecified atom stereocenters. The molecule has 0 aliphatic carbocycles. The van der Waals surface area contributed by atoms with Gasteiger partial charge in [-0.1, -0.05) is 6.92 Å². The molecule has 7 heteroatoms. The number of methoxy groups -OCH3 is 1. The van der Waals surface area contributed by atoms with Gasteiger partial charge in [0.2, 0.25) is 0 Å². The Hall–Kier alpha value is -2.57. The number of phenolic OH excluding ortho intramolecular Hbond substituents is 1. The summed E-state index contributed by atoms with van der Waals surface area (Å²) in [4.78, 5) is 22.9. The molecule has 7 nitrogen and oxygen atoms in total. The Bertz CT molecular complexity index is 543. The maximum Gasteiger partial charge on any atom is 0.329 e. The summed E-state index contributed by atoms with van der Waals surface area (Å²) >= 11 is 0. The van der Waals surface area contributed by atoms with Crippen molar-refractivity contribution in [3.8, 4) is 11.5 Å². The van der Waals surface area contributed by atoms with E-state index >= 15 is 0 Å². The molecule has 0 aromatic heterocycles. The van der Waals surface area contributed by atoms with E-state index in [-0.39, 0.29) is 11.8 Å². The first-order valence-corrected chi connectivity index (χ1v) is 6.48. The van der Waals surface area contributed by atoms with E-state index in [0.29, 0.717) is 11.3 Å². The number of ether oxygens (including phenoxy) is 1. The monoisotopic (exact) mass is 293 g/mol. The molecule has 0 aliphatic rings. The van der Waals surface area contributed by atoms with E-state index in [1.807, 2.05) is 6.92 Å². The number of rotatable bonds is 5. The van der Waals surface area contributed by atoms with Gasteiger partial charge < -0.3 is 15.2 Å². The van der Waals surface area contributed by atoms with Crippen LogP contribution in [0.25, 0.3) is 0 Å². The number of nitrogens with zero attached hydrogens (tertiary/aromatic N) is 1. The first kappa shape index (κ1) is 16.5. The van der Waals surface area contributed by atoms with Gasteiger partial charge in [-0.2, -0.15) is 5.10 Å². The highest BCUT2D eigenvalue weighted by Gasteiger charge is 2.14. The largest absolute Gasteiger partial charge is 0.504 e. The number of nitrogens with one attached hydrogen (secondary N) is 2. The highest BCUT2D eigenvalue weighted by atomic mass is 16.5. The highest BCUT2D eigenvalue weighted by Crippen LogP contribution is 2.25. The first-order chi connectivity index (χ1) is 9.97. The molecule has 3 N–H and O–H groups in total. The van der Waals surface area contributed by atoms with E-state index < -0.39 is 11.8 Å². The van der Waals surface area contributed by atoms with Crippen LogP contribution in [-0.4, -0.2) is 36.3 Å². The Morgan fingerprint density at radius 2 is 2.14 bits per heavy atom. The van der Waals surface area contributed by atoms with E-state index in [2.05, 4.69) is 15.8 Å². The van der Waals surface area contributed by atoms with Crippen molar-refractivity contribution in [3.05, 3.63) is 23.8 Å². The minimum absolute atomic E-state index is 0.00613. The number of carbonyl (C=O) groups is 2. The number of carbonyl (C=O) groups excluding carboxylic acids is 2. The van der Waals surface area contributed by atoms with Gasteiger partial charge in [-0.15, -0.1) is 0 Å². The summed E-state index contributed by atoms with van der Waals surface area (Å²) in [6, 6.07) is 4.50. The normalized spacial score (nSPS) is 12.0. The van der Waals surface area contributed by atoms with Crippen molar-refractivity contribution < 1.29 is 19.4 Å². The Kier molecular flexibility index (Phi) is 6.19. The molecular weight excluding hydrogens is 274 g/mol. The smallest absolute Gasteiger partial charge is 0.329 e. The van der Waals surface area contributed by atoms with Crippen LogP contribution < -0.4 is 15.5 Å². The summed E-state index contributed by atoms with van der Waals surface area (Å²) in [6.07, 6.45) is 2.08. The van der Waals surface area contributed by atoms with E-state index in [0.717, 1.165) is 6.42 Å². The van der Waals surface area contributed by atoms with Crippen molar-refractivity contribution in [1.82, 2.24) is 10.7 Å². The van der Waals surface area contributed by atoms with Crippen LogP contribution in [0.15, 0.2) is 23.3 Å². The molecule has 0 heterocycles. The molecule has 0 radical (unpaired) electrons. The number of hydrogen-bond acceptors (Lipinski definition) is 5. The number of amides is 2. The maximum absolute atomic E-state index is 11.5. The molecule has 2 amide bonds. The summed E-state index contributed by atoms with van der Waals surface area (Å²) in [7, 11) is 1.43. The molecule has 1 aromatic carbocycles. The Balaban J connectivity index is 2.58. The van der Waals surface area contributed by atoms with Gasteiger partial charge in [-0.25, -0.2) is 5.43 Å². The molecule has 1 atom stereocenters. The summed E-state index contributed by atoms with van der Waals surface area (Å²) in [5.74, 6) is -1.27. The van der Waals surface area contributed by atoms with E-state index in [9.17, 15) is 14.7 Å². The van der Waals surface area contributed by atoms with Gasteiger partial charge in [0.25, 0.3) is 0 Å². The summed E-state index contributed by atoms with van der Waals surface area (Å²) in [6.45, 7) is 3.70. The summed E-state index contributed by atoms with van der Waals surface area (Å²) < 4.78 is 4.94. The van der Waals surface area contributed by atoms with E-state index in [1.54, 1.807) is 19.1 Å². The summed E-state index contributed by atoms with van der Waals surface area (Å²) in [5.41, 5.74) is 2.73. The molecule has 0 fully saturated rings. The van der Waals surface area contributed by atoms with Crippen molar-refractivity contribution in [3.63, 3.8) is 0 Å². The van der Waals surface area contributed by atoms with Crippen molar-refractivity contribution in [2.45, 2.75) is 26.3 Å². The third kappa shape index (κ3) is 5.13. The molecule has 114 valence electrons. The lowest BCUT2D eigenvalue weighted by Gasteiger charge is -2.09. The SMILES string of the molecule is CC[C@@H](C)NC(=O)C(=O)N/N=C\c1ccc(O)c(OC)c1. The highest BCUT2D eigenvalue weighted by molar-refractivity contribution is 6.35. The molecule has 0 saturated carbocycles. The first-order valence-electron chi connectivity index (χ1n) is 6.48. The third-order valence-corrected chi connectivity index (χ3v) is 2.78. The van der Waals surface area contributed by atoms with Crippen LogP contribution in [-0.2, 0) is 9.59 Å². The number of aromatic hydroxyl groups is 1. The van der Waals surface area contributed by atoms with E-state index in [1.165, 1.54) is 19.4 Å². The number of hydrogen-bond donors (Lipinski definition) is 3. The van der Waals surface area contributed by atoms with Gasteiger partial charge in [-0.3, -0.25) is 9.59 Å². The van der Waals surface area contributed by atoms with Crippen molar-refractivity contribution in [1.29, 1.82) is 0 Å². The van der Waals surface area contributed by atoms with Crippen molar-refractivity contribution >= 4 is 18.0 Å². The average molecular weight is 293 g/mol. The standard InChI is InChI=1S/C14H19N3O4/c1-4-9(2)16-13(19)14(20)17-15-8-10-5-6-11(18)12(7-10)21-3/h5-9,18H,4H2,1-3H3,(H,16,19)(H,17,20)/b15-8-/t9-/m1/s1. The lowest BCUT2D eigenvalue weighted by atomic mass is 10.2. The van der Waals surface area contributed by atoms with E-state index in [4.69, 9.17) is 4.74 Å². The molecule has 0 spiro atoms. The fourth-order valence-corrected chi connectivity index (χ4v) is 1.38. The molecule has 21 heavy (non-hydrogen) atoms. The third-order valence-electron chi connectivity index (χ3n) is 2.78. The van der Waals surface area contributed by atoms with Gasteiger partial charge >= 0.3 is 11.8 Å². The minimum Gasteiger partial charge on any atom is -0.504 e. The Morgan fingerprint density at radius 1 is 1.43 bits per heavy atom. The van der Waals surface area contributed by atoms with Crippen molar-refractivity contribution in [2.75, 3.05) is 7.11 Å². The van der Waals surface area contributed by atoms with Crippen molar-refractivity contribution in [2.24, 2.45) is 5.10 Å². The molecular formula is C14H19N3O4. The second-order valence-corrected chi connectivity index (χ2v) is 4.41. The van der Waals surface area contributed by atoms with Crippen LogP contribution in [0.4, 0.5) is 0 Å². The molecule has 0 saturated heterocycles. The average Bonchev–Trinajstić information content (AvgIpc) is 2.48. The molecule has 0 bridgehead atoms. The van der Waals surface area contributed by atoms with Crippen LogP contribution in [0.3, 0.4) is 0 Å². The van der Waals surface area contributed by atoms with Crippen LogP contribution in [0.5, 0.6) is 11.5 Å². The fraction of sp³-hybridized carbons (Fsp3) is 0.357. The second-order valence-electron chi connectivity index (χ2n) is 4.41. The lowest BCUT2D eigenvalue weighted by molar-refractivity contribution is -0.139. The number of hydrazone groups is 1. The van der Waals surface area contributed by atoms with Crippen LogP contribution in [0, 0.1) is 0 Å². The van der Waals surface area contributed by atoms with Gasteiger partial charge in [-0.05, 0) is 37.1 Å². The molecule has 1 aromatic rings. The Morgan fingerprint density at radius 3 is 2.76 bits per heavy atom. The van der Waals surface area contributed by atoms with Crippen LogP contribution in [0.1, 0.15) is 25.8 Å². The van der Waals surface area contributed by atoms with Crippen LogP contribution >= 0.6 is 0 Å². The fourth-order valence-electron chi connectivity index (χ4n) is 1.38. The second kappa shape index (κ2) is 7.88.